The van der Waals surface area contributed by atoms with E-state index in [2.05, 4.69) is 21.6 Å². The third-order valence-electron chi connectivity index (χ3n) is 3.98. The van der Waals surface area contributed by atoms with Gasteiger partial charge in [-0.1, -0.05) is 24.3 Å². The molecule has 1 amide bonds. The zero-order chi connectivity index (χ0) is 16.4. The number of carbonyl (C=O) groups is 1. The van der Waals surface area contributed by atoms with Crippen LogP contribution in [0.2, 0.25) is 0 Å². The van der Waals surface area contributed by atoms with E-state index in [1.54, 1.807) is 17.0 Å². The van der Waals surface area contributed by atoms with Gasteiger partial charge >= 0.3 is 0 Å². The van der Waals surface area contributed by atoms with Crippen molar-refractivity contribution in [3.63, 3.8) is 0 Å². The SMILES string of the molecule is O=C(COc1cccc(-n2cnnn2)c1)N1CCc2ccccc21. The molecule has 0 radical (unpaired) electrons. The Morgan fingerprint density at radius 1 is 1.17 bits per heavy atom. The van der Waals surface area contributed by atoms with Crippen molar-refractivity contribution >= 4 is 11.6 Å². The lowest BCUT2D eigenvalue weighted by Gasteiger charge is -2.17. The number of ether oxygens (including phenoxy) is 1. The molecule has 1 aliphatic rings. The molecule has 2 heterocycles. The second-order valence-electron chi connectivity index (χ2n) is 5.46. The van der Waals surface area contributed by atoms with Gasteiger partial charge in [0.1, 0.15) is 12.1 Å². The zero-order valence-corrected chi connectivity index (χ0v) is 12.9. The van der Waals surface area contributed by atoms with Crippen LogP contribution in [0.4, 0.5) is 5.69 Å². The second-order valence-corrected chi connectivity index (χ2v) is 5.46. The molecule has 2 aromatic carbocycles. The molecule has 7 heteroatoms. The highest BCUT2D eigenvalue weighted by atomic mass is 16.5. The number of tetrazole rings is 1. The quantitative estimate of drug-likeness (QED) is 0.730. The lowest BCUT2D eigenvalue weighted by molar-refractivity contribution is -0.120. The minimum Gasteiger partial charge on any atom is -0.484 e. The lowest BCUT2D eigenvalue weighted by Crippen LogP contribution is -2.33. The summed E-state index contributed by atoms with van der Waals surface area (Å²) in [7, 11) is 0. The van der Waals surface area contributed by atoms with Gasteiger partial charge in [0.2, 0.25) is 0 Å². The van der Waals surface area contributed by atoms with E-state index in [-0.39, 0.29) is 12.5 Å². The molecule has 0 unspecified atom stereocenters. The standard InChI is InChI=1S/C17H15N5O2/c23-17(21-9-8-13-4-1-2-7-16(13)21)11-24-15-6-3-5-14(10-15)22-12-18-19-20-22/h1-7,10,12H,8-9,11H2. The Hall–Kier alpha value is -3.22. The van der Waals surface area contributed by atoms with Gasteiger partial charge in [-0.2, -0.15) is 0 Å². The van der Waals surface area contributed by atoms with Gasteiger partial charge < -0.3 is 9.64 Å². The van der Waals surface area contributed by atoms with Gasteiger partial charge in [0.05, 0.1) is 5.69 Å². The van der Waals surface area contributed by atoms with Crippen LogP contribution in [0.3, 0.4) is 0 Å². The highest BCUT2D eigenvalue weighted by Crippen LogP contribution is 2.27. The van der Waals surface area contributed by atoms with Crippen LogP contribution in [0, 0.1) is 0 Å². The average molecular weight is 321 g/mol. The van der Waals surface area contributed by atoms with Crippen molar-refractivity contribution in [2.45, 2.75) is 6.42 Å². The maximum atomic E-state index is 12.5. The van der Waals surface area contributed by atoms with Gasteiger partial charge in [-0.3, -0.25) is 4.79 Å². The van der Waals surface area contributed by atoms with E-state index < -0.39 is 0 Å². The first kappa shape index (κ1) is 14.4. The molecular weight excluding hydrogens is 306 g/mol. The maximum absolute atomic E-state index is 12.5. The van der Waals surface area contributed by atoms with Crippen molar-refractivity contribution < 1.29 is 9.53 Å². The first-order valence-corrected chi connectivity index (χ1v) is 7.66. The predicted molar refractivity (Wildman–Crippen MR) is 87.1 cm³/mol. The fraction of sp³-hybridized carbons (Fsp3) is 0.176. The van der Waals surface area contributed by atoms with Crippen LogP contribution in [-0.4, -0.2) is 39.3 Å². The molecule has 0 spiro atoms. The normalized spacial score (nSPS) is 12.9. The summed E-state index contributed by atoms with van der Waals surface area (Å²) >= 11 is 0. The summed E-state index contributed by atoms with van der Waals surface area (Å²) in [4.78, 5) is 14.2. The summed E-state index contributed by atoms with van der Waals surface area (Å²) in [6.45, 7) is 0.694. The van der Waals surface area contributed by atoms with Crippen molar-refractivity contribution in [2.24, 2.45) is 0 Å². The highest BCUT2D eigenvalue weighted by Gasteiger charge is 2.24. The number of aromatic nitrogens is 4. The molecule has 1 aromatic heterocycles. The van der Waals surface area contributed by atoms with E-state index in [0.717, 1.165) is 17.8 Å². The Morgan fingerprint density at radius 3 is 2.96 bits per heavy atom. The molecular formula is C17H15N5O2. The molecule has 0 saturated carbocycles. The first-order valence-electron chi connectivity index (χ1n) is 7.66. The fourth-order valence-corrected chi connectivity index (χ4v) is 2.82. The van der Waals surface area contributed by atoms with Crippen LogP contribution in [0.1, 0.15) is 5.56 Å². The van der Waals surface area contributed by atoms with Gasteiger partial charge in [0.25, 0.3) is 5.91 Å². The fourth-order valence-electron chi connectivity index (χ4n) is 2.82. The van der Waals surface area contributed by atoms with Crippen molar-refractivity contribution in [3.05, 3.63) is 60.4 Å². The molecule has 0 bridgehead atoms. The number of benzene rings is 2. The number of para-hydroxylation sites is 1. The van der Waals surface area contributed by atoms with Crippen LogP contribution in [0.15, 0.2) is 54.9 Å². The van der Waals surface area contributed by atoms with Crippen LogP contribution >= 0.6 is 0 Å². The van der Waals surface area contributed by atoms with Crippen LogP contribution in [0.25, 0.3) is 5.69 Å². The first-order chi connectivity index (χ1) is 11.8. The third kappa shape index (κ3) is 2.71. The minimum atomic E-state index is -0.0484. The summed E-state index contributed by atoms with van der Waals surface area (Å²) < 4.78 is 7.19. The molecule has 0 N–H and O–H groups in total. The maximum Gasteiger partial charge on any atom is 0.264 e. The minimum absolute atomic E-state index is 0.00655. The number of hydrogen-bond acceptors (Lipinski definition) is 5. The van der Waals surface area contributed by atoms with Crippen molar-refractivity contribution in [2.75, 3.05) is 18.1 Å². The Labute approximate surface area is 138 Å². The topological polar surface area (TPSA) is 73.1 Å². The number of amides is 1. The van der Waals surface area contributed by atoms with E-state index in [1.807, 2.05) is 30.3 Å². The van der Waals surface area contributed by atoms with Crippen LogP contribution in [0.5, 0.6) is 5.75 Å². The Morgan fingerprint density at radius 2 is 2.08 bits per heavy atom. The van der Waals surface area contributed by atoms with Gasteiger partial charge in [-0.25, -0.2) is 4.68 Å². The number of hydrogen-bond donors (Lipinski definition) is 0. The molecule has 0 aliphatic carbocycles. The highest BCUT2D eigenvalue weighted by molar-refractivity contribution is 5.96. The van der Waals surface area contributed by atoms with E-state index in [4.69, 9.17) is 4.74 Å². The molecule has 7 nitrogen and oxygen atoms in total. The average Bonchev–Trinajstić information content (AvgIpc) is 3.29. The molecule has 4 rings (SSSR count). The van der Waals surface area contributed by atoms with Crippen LogP contribution in [-0.2, 0) is 11.2 Å². The van der Waals surface area contributed by atoms with Gasteiger partial charge in [0.15, 0.2) is 6.61 Å². The molecule has 0 fully saturated rings. The largest absolute Gasteiger partial charge is 0.484 e. The van der Waals surface area contributed by atoms with Gasteiger partial charge in [-0.15, -0.1) is 5.10 Å². The Kier molecular flexibility index (Phi) is 3.66. The Balaban J connectivity index is 1.44. The van der Waals surface area contributed by atoms with E-state index in [9.17, 15) is 4.79 Å². The van der Waals surface area contributed by atoms with E-state index in [1.165, 1.54) is 16.6 Å². The number of rotatable bonds is 4. The summed E-state index contributed by atoms with van der Waals surface area (Å²) in [5, 5.41) is 11.0. The number of fused-ring (bicyclic) bond motifs is 1. The summed E-state index contributed by atoms with van der Waals surface area (Å²) in [6.07, 6.45) is 2.39. The van der Waals surface area contributed by atoms with Crippen LogP contribution < -0.4 is 9.64 Å². The van der Waals surface area contributed by atoms with Gasteiger partial charge in [0, 0.05) is 18.3 Å². The molecule has 0 saturated heterocycles. The number of nitrogens with zero attached hydrogens (tertiary/aromatic N) is 5. The zero-order valence-electron chi connectivity index (χ0n) is 12.9. The number of anilines is 1. The Bertz CT molecular complexity index is 863. The molecule has 1 aliphatic heterocycles. The third-order valence-corrected chi connectivity index (χ3v) is 3.98. The van der Waals surface area contributed by atoms with E-state index >= 15 is 0 Å². The summed E-state index contributed by atoms with van der Waals surface area (Å²) in [6, 6.07) is 15.3. The van der Waals surface area contributed by atoms with Crippen molar-refractivity contribution in [1.29, 1.82) is 0 Å². The summed E-state index contributed by atoms with van der Waals surface area (Å²) in [5.41, 5.74) is 2.96. The monoisotopic (exact) mass is 321 g/mol. The number of carbonyl (C=O) groups excluding carboxylic acids is 1. The molecule has 0 atom stereocenters. The molecule has 24 heavy (non-hydrogen) atoms. The van der Waals surface area contributed by atoms with Crippen molar-refractivity contribution in [3.8, 4) is 11.4 Å². The van der Waals surface area contributed by atoms with Crippen molar-refractivity contribution in [1.82, 2.24) is 20.2 Å². The van der Waals surface area contributed by atoms with Gasteiger partial charge in [-0.05, 0) is 40.6 Å². The lowest BCUT2D eigenvalue weighted by atomic mass is 10.2. The second kappa shape index (κ2) is 6.11. The molecule has 3 aromatic rings. The molecule has 120 valence electrons. The van der Waals surface area contributed by atoms with E-state index in [0.29, 0.717) is 12.3 Å². The summed E-state index contributed by atoms with van der Waals surface area (Å²) in [5.74, 6) is 0.552. The smallest absolute Gasteiger partial charge is 0.264 e. The predicted octanol–water partition coefficient (Wildman–Crippen LogP) is 1.63.